The average molecular weight is 733 g/mol. The van der Waals surface area contributed by atoms with Crippen molar-refractivity contribution >= 4 is 17.9 Å². The second kappa shape index (κ2) is 35.3. The summed E-state index contributed by atoms with van der Waals surface area (Å²) in [7, 11) is 5.50. The Morgan fingerprint density at radius 1 is 0.577 bits per heavy atom. The third-order valence-corrected chi connectivity index (χ3v) is 8.99. The largest absolute Gasteiger partial charge is 0.477 e. The number of hydrogen-bond acceptors (Lipinski definition) is 6. The van der Waals surface area contributed by atoms with E-state index in [9.17, 15) is 19.5 Å². The van der Waals surface area contributed by atoms with Gasteiger partial charge in [-0.25, -0.2) is 4.79 Å². The average Bonchev–Trinajstić information content (AvgIpc) is 3.09. The summed E-state index contributed by atoms with van der Waals surface area (Å²) in [5.74, 6) is -1.56. The summed E-state index contributed by atoms with van der Waals surface area (Å²) < 4.78 is 17.1. The Kier molecular flexibility index (Phi) is 33.5. The van der Waals surface area contributed by atoms with Crippen molar-refractivity contribution in [3.63, 3.8) is 0 Å². The van der Waals surface area contributed by atoms with Crippen LogP contribution in [0.25, 0.3) is 0 Å². The van der Waals surface area contributed by atoms with Gasteiger partial charge >= 0.3 is 17.9 Å². The summed E-state index contributed by atoms with van der Waals surface area (Å²) in [6.07, 6.45) is 40.6. The fourth-order valence-electron chi connectivity index (χ4n) is 5.84. The van der Waals surface area contributed by atoms with Crippen LogP contribution in [-0.4, -0.2) is 80.6 Å². The number of ether oxygens (including phenoxy) is 3. The number of carboxylic acid groups (broad SMARTS) is 1. The molecule has 1 N–H and O–H groups in total. The molecule has 8 heteroatoms. The molecule has 2 atom stereocenters. The minimum absolute atomic E-state index is 0.0433. The second-order valence-corrected chi connectivity index (χ2v) is 14.8. The number of carbonyl (C=O) groups excluding carboxylic acids is 2. The first-order chi connectivity index (χ1) is 25.1. The zero-order valence-corrected chi connectivity index (χ0v) is 34.0. The summed E-state index contributed by atoms with van der Waals surface area (Å²) in [5.41, 5.74) is 0. The monoisotopic (exact) mass is 733 g/mol. The fourth-order valence-corrected chi connectivity index (χ4v) is 5.84. The van der Waals surface area contributed by atoms with Crippen LogP contribution in [0.1, 0.15) is 162 Å². The van der Waals surface area contributed by atoms with Crippen LogP contribution in [-0.2, 0) is 28.6 Å². The minimum Gasteiger partial charge on any atom is -0.477 e. The number of likely N-dealkylation sites (N-methyl/N-ethyl adjacent to an activating group) is 1. The normalized spacial score (nSPS) is 13.5. The molecule has 0 amide bonds. The van der Waals surface area contributed by atoms with E-state index in [-0.39, 0.29) is 42.7 Å². The van der Waals surface area contributed by atoms with Crippen molar-refractivity contribution in [2.24, 2.45) is 0 Å². The Morgan fingerprint density at radius 2 is 1.06 bits per heavy atom. The third-order valence-electron chi connectivity index (χ3n) is 8.99. The van der Waals surface area contributed by atoms with E-state index >= 15 is 0 Å². The molecule has 0 aliphatic heterocycles. The maximum atomic E-state index is 12.7. The van der Waals surface area contributed by atoms with Gasteiger partial charge in [-0.3, -0.25) is 9.59 Å². The van der Waals surface area contributed by atoms with Gasteiger partial charge in [0, 0.05) is 19.3 Å². The molecule has 0 bridgehead atoms. The highest BCUT2D eigenvalue weighted by Crippen LogP contribution is 2.15. The van der Waals surface area contributed by atoms with Gasteiger partial charge in [-0.15, -0.1) is 0 Å². The van der Waals surface area contributed by atoms with Crippen molar-refractivity contribution in [2.45, 2.75) is 174 Å². The Balaban J connectivity index is 4.21. The molecule has 0 aromatic heterocycles. The predicted molar refractivity (Wildman–Crippen MR) is 215 cm³/mol. The molecule has 0 spiro atoms. The van der Waals surface area contributed by atoms with Crippen LogP contribution in [0.15, 0.2) is 48.6 Å². The lowest BCUT2D eigenvalue weighted by Crippen LogP contribution is -2.50. The molecule has 0 aliphatic carbocycles. The minimum atomic E-state index is -0.884. The van der Waals surface area contributed by atoms with Gasteiger partial charge in [0.15, 0.2) is 12.1 Å². The summed E-state index contributed by atoms with van der Waals surface area (Å²) >= 11 is 0. The van der Waals surface area contributed by atoms with Gasteiger partial charge in [0.25, 0.3) is 0 Å². The molecule has 0 saturated heterocycles. The molecule has 0 rings (SSSR count). The summed E-state index contributed by atoms with van der Waals surface area (Å²) in [6.45, 7) is 4.42. The lowest BCUT2D eigenvalue weighted by atomic mass is 10.0. The number of allylic oxidation sites excluding steroid dienone is 8. The molecule has 0 aromatic rings. The first-order valence-corrected chi connectivity index (χ1v) is 20.7. The maximum Gasteiger partial charge on any atom is 0.362 e. The van der Waals surface area contributed by atoms with E-state index in [0.29, 0.717) is 19.3 Å². The molecule has 300 valence electrons. The molecule has 0 aromatic carbocycles. The maximum absolute atomic E-state index is 12.7. The quantitative estimate of drug-likeness (QED) is 0.0296. The van der Waals surface area contributed by atoms with Gasteiger partial charge in [-0.1, -0.05) is 140 Å². The van der Waals surface area contributed by atoms with Crippen LogP contribution in [0.5, 0.6) is 0 Å². The van der Waals surface area contributed by atoms with Crippen LogP contribution < -0.4 is 0 Å². The van der Waals surface area contributed by atoms with Gasteiger partial charge in [0.05, 0.1) is 34.4 Å². The molecule has 0 fully saturated rings. The van der Waals surface area contributed by atoms with Crippen molar-refractivity contribution in [3.05, 3.63) is 48.6 Å². The molecule has 0 aliphatic rings. The highest BCUT2D eigenvalue weighted by Gasteiger charge is 2.31. The van der Waals surface area contributed by atoms with Crippen molar-refractivity contribution < 1.29 is 38.2 Å². The van der Waals surface area contributed by atoms with E-state index in [4.69, 9.17) is 14.2 Å². The first kappa shape index (κ1) is 49.3. The van der Waals surface area contributed by atoms with Crippen LogP contribution in [0, 0.1) is 0 Å². The topological polar surface area (TPSA) is 99.1 Å². The standard InChI is InChI=1S/C44H77NO7/c1-6-8-10-12-14-15-16-17-18-19-20-21-22-23-24-25-26-27-29-31-33-35-43(47)52-40(38-50-37-36-41(44(48)49)45(3,4)5)39-51-42(46)34-32-30-28-13-11-9-7-2/h8-11,14-15,28,30,40-41H,6-7,12-13,16-27,29,31-39H2,1-5H3/p+1/b10-8+,11-9+,15-14+,30-28+. The fraction of sp³-hybridized carbons (Fsp3) is 0.750. The van der Waals surface area contributed by atoms with Gasteiger partial charge in [-0.2, -0.15) is 0 Å². The molecular weight excluding hydrogens is 654 g/mol. The molecule has 52 heavy (non-hydrogen) atoms. The van der Waals surface area contributed by atoms with Crippen molar-refractivity contribution in [3.8, 4) is 0 Å². The van der Waals surface area contributed by atoms with Crippen molar-refractivity contribution in [1.29, 1.82) is 0 Å². The Labute approximate surface area is 318 Å². The first-order valence-electron chi connectivity index (χ1n) is 20.7. The predicted octanol–water partition coefficient (Wildman–Crippen LogP) is 10.9. The van der Waals surface area contributed by atoms with Gasteiger partial charge in [-0.05, 0) is 51.4 Å². The summed E-state index contributed by atoms with van der Waals surface area (Å²) in [5, 5.41) is 9.58. The van der Waals surface area contributed by atoms with Gasteiger partial charge in [0.1, 0.15) is 6.61 Å². The molecule has 8 nitrogen and oxygen atoms in total. The zero-order chi connectivity index (χ0) is 38.5. The highest BCUT2D eigenvalue weighted by molar-refractivity contribution is 5.72. The third kappa shape index (κ3) is 33.1. The van der Waals surface area contributed by atoms with Crippen molar-refractivity contribution in [2.75, 3.05) is 41.0 Å². The molecule has 0 heterocycles. The van der Waals surface area contributed by atoms with Gasteiger partial charge in [0.2, 0.25) is 0 Å². The number of unbranched alkanes of at least 4 members (excludes halogenated alkanes) is 14. The number of rotatable bonds is 36. The van der Waals surface area contributed by atoms with E-state index in [1.165, 1.54) is 77.0 Å². The number of hydrogen-bond donors (Lipinski definition) is 1. The number of carboxylic acids is 1. The Hall–Kier alpha value is -2.71. The van der Waals surface area contributed by atoms with Crippen LogP contribution in [0.4, 0.5) is 0 Å². The number of aliphatic carboxylic acids is 1. The van der Waals surface area contributed by atoms with Crippen LogP contribution in [0.2, 0.25) is 0 Å². The number of nitrogens with zero attached hydrogens (tertiary/aromatic N) is 1. The molecule has 0 saturated carbocycles. The van der Waals surface area contributed by atoms with E-state index in [0.717, 1.165) is 44.9 Å². The smallest absolute Gasteiger partial charge is 0.362 e. The Morgan fingerprint density at radius 3 is 1.56 bits per heavy atom. The lowest BCUT2D eigenvalue weighted by Gasteiger charge is -2.31. The van der Waals surface area contributed by atoms with E-state index < -0.39 is 18.1 Å². The number of quaternary nitrogens is 1. The van der Waals surface area contributed by atoms with E-state index in [1.54, 1.807) is 0 Å². The molecular formula is C44H78NO7+. The van der Waals surface area contributed by atoms with Crippen molar-refractivity contribution in [1.82, 2.24) is 0 Å². The summed E-state index contributed by atoms with van der Waals surface area (Å²) in [4.78, 5) is 36.7. The van der Waals surface area contributed by atoms with Crippen LogP contribution in [0.3, 0.4) is 0 Å². The zero-order valence-electron chi connectivity index (χ0n) is 34.0. The van der Waals surface area contributed by atoms with Gasteiger partial charge < -0.3 is 23.8 Å². The molecule has 2 unspecified atom stereocenters. The Bertz CT molecular complexity index is 995. The summed E-state index contributed by atoms with van der Waals surface area (Å²) in [6, 6.07) is -0.620. The highest BCUT2D eigenvalue weighted by atomic mass is 16.6. The lowest BCUT2D eigenvalue weighted by molar-refractivity contribution is -0.887. The second-order valence-electron chi connectivity index (χ2n) is 14.8. The SMILES string of the molecule is CC/C=C/C/C=C/CCCCCCCCCCCCCCCCC(=O)OC(COCCC(C(=O)O)[N+](C)(C)C)COC(=O)CC/C=C/C/C=C/CC. The molecule has 0 radical (unpaired) electrons. The van der Waals surface area contributed by atoms with E-state index in [2.05, 4.69) is 50.3 Å². The number of carbonyl (C=O) groups is 3. The number of esters is 2. The van der Waals surface area contributed by atoms with E-state index in [1.807, 2.05) is 33.3 Å². The van der Waals surface area contributed by atoms with Crippen LogP contribution >= 0.6 is 0 Å².